The molecule has 1 aromatic rings. The predicted octanol–water partition coefficient (Wildman–Crippen LogP) is 2.31. The molecular formula is C13H19ClFNO2. The molecule has 0 saturated heterocycles. The van der Waals surface area contributed by atoms with Crippen LogP contribution < -0.4 is 5.73 Å². The van der Waals surface area contributed by atoms with Crippen molar-refractivity contribution in [3.8, 4) is 0 Å². The largest absolute Gasteiger partial charge is 0.392 e. The Morgan fingerprint density at radius 3 is 2.78 bits per heavy atom. The van der Waals surface area contributed by atoms with Crippen molar-refractivity contribution in [3.05, 3.63) is 34.6 Å². The van der Waals surface area contributed by atoms with Gasteiger partial charge in [-0.05, 0) is 31.0 Å². The van der Waals surface area contributed by atoms with Crippen molar-refractivity contribution in [2.45, 2.75) is 25.4 Å². The summed E-state index contributed by atoms with van der Waals surface area (Å²) in [5.41, 5.74) is 6.33. The SMILES string of the molecule is CCOCCC(O)C(CN)c1ccc(F)cc1Cl. The number of aliphatic hydroxyl groups excluding tert-OH is 1. The van der Waals surface area contributed by atoms with E-state index in [0.29, 0.717) is 30.2 Å². The van der Waals surface area contributed by atoms with Crippen LogP contribution in [0.4, 0.5) is 4.39 Å². The predicted molar refractivity (Wildman–Crippen MR) is 70.3 cm³/mol. The summed E-state index contributed by atoms with van der Waals surface area (Å²) < 4.78 is 18.2. The number of hydrogen-bond acceptors (Lipinski definition) is 3. The average Bonchev–Trinajstić information content (AvgIpc) is 2.33. The van der Waals surface area contributed by atoms with Crippen LogP contribution in [0.5, 0.6) is 0 Å². The standard InChI is InChI=1S/C13H19ClFNO2/c1-2-18-6-5-13(17)11(8-16)10-4-3-9(15)7-12(10)14/h3-4,7,11,13,17H,2,5-6,8,16H2,1H3. The number of aliphatic hydroxyl groups is 1. The van der Waals surface area contributed by atoms with Gasteiger partial charge in [-0.2, -0.15) is 0 Å². The van der Waals surface area contributed by atoms with Crippen molar-refractivity contribution in [1.29, 1.82) is 0 Å². The van der Waals surface area contributed by atoms with E-state index in [1.165, 1.54) is 12.1 Å². The summed E-state index contributed by atoms with van der Waals surface area (Å²) in [5, 5.41) is 10.4. The maximum Gasteiger partial charge on any atom is 0.124 e. The summed E-state index contributed by atoms with van der Waals surface area (Å²) in [7, 11) is 0. The number of hydrogen-bond donors (Lipinski definition) is 2. The summed E-state index contributed by atoms with van der Waals surface area (Å²) in [6.07, 6.45) is -0.173. The minimum atomic E-state index is -0.649. The van der Waals surface area contributed by atoms with Crippen LogP contribution in [0.2, 0.25) is 5.02 Å². The van der Waals surface area contributed by atoms with Crippen molar-refractivity contribution in [2.75, 3.05) is 19.8 Å². The zero-order valence-corrected chi connectivity index (χ0v) is 11.2. The molecule has 18 heavy (non-hydrogen) atoms. The second-order valence-electron chi connectivity index (χ2n) is 4.06. The second-order valence-corrected chi connectivity index (χ2v) is 4.47. The highest BCUT2D eigenvalue weighted by atomic mass is 35.5. The van der Waals surface area contributed by atoms with Crippen LogP contribution in [0.1, 0.15) is 24.8 Å². The van der Waals surface area contributed by atoms with E-state index in [2.05, 4.69) is 0 Å². The van der Waals surface area contributed by atoms with Gasteiger partial charge in [-0.1, -0.05) is 17.7 Å². The summed E-state index contributed by atoms with van der Waals surface area (Å²) in [5.74, 6) is -0.707. The third kappa shape index (κ3) is 4.21. The monoisotopic (exact) mass is 275 g/mol. The van der Waals surface area contributed by atoms with E-state index in [1.54, 1.807) is 6.07 Å². The van der Waals surface area contributed by atoms with E-state index >= 15 is 0 Å². The molecule has 0 bridgehead atoms. The van der Waals surface area contributed by atoms with E-state index in [4.69, 9.17) is 22.1 Å². The van der Waals surface area contributed by atoms with Gasteiger partial charge in [0.2, 0.25) is 0 Å². The lowest BCUT2D eigenvalue weighted by Crippen LogP contribution is -2.27. The first-order valence-electron chi connectivity index (χ1n) is 6.01. The Kier molecular flexibility index (Phi) is 6.57. The molecule has 0 aromatic heterocycles. The van der Waals surface area contributed by atoms with Crippen molar-refractivity contribution in [1.82, 2.24) is 0 Å². The van der Waals surface area contributed by atoms with Crippen LogP contribution >= 0.6 is 11.6 Å². The molecule has 5 heteroatoms. The van der Waals surface area contributed by atoms with Crippen LogP contribution in [0.3, 0.4) is 0 Å². The molecule has 0 aliphatic rings. The molecule has 2 atom stereocenters. The highest BCUT2D eigenvalue weighted by Gasteiger charge is 2.22. The number of halogens is 2. The zero-order valence-electron chi connectivity index (χ0n) is 10.4. The lowest BCUT2D eigenvalue weighted by atomic mass is 9.91. The number of nitrogens with two attached hydrogens (primary N) is 1. The lowest BCUT2D eigenvalue weighted by molar-refractivity contribution is 0.0752. The van der Waals surface area contributed by atoms with E-state index < -0.39 is 11.9 Å². The topological polar surface area (TPSA) is 55.5 Å². The average molecular weight is 276 g/mol. The van der Waals surface area contributed by atoms with Gasteiger partial charge in [0.05, 0.1) is 6.10 Å². The summed E-state index contributed by atoms with van der Waals surface area (Å²) >= 11 is 5.97. The molecule has 3 nitrogen and oxygen atoms in total. The number of ether oxygens (including phenoxy) is 1. The fourth-order valence-electron chi connectivity index (χ4n) is 1.84. The Hall–Kier alpha value is -0.680. The van der Waals surface area contributed by atoms with Crippen molar-refractivity contribution >= 4 is 11.6 Å². The Morgan fingerprint density at radius 2 is 2.22 bits per heavy atom. The molecule has 3 N–H and O–H groups in total. The van der Waals surface area contributed by atoms with Crippen LogP contribution in [0.25, 0.3) is 0 Å². The Bertz CT molecular complexity index is 376. The molecule has 2 unspecified atom stereocenters. The highest BCUT2D eigenvalue weighted by Crippen LogP contribution is 2.28. The van der Waals surface area contributed by atoms with Gasteiger partial charge in [-0.15, -0.1) is 0 Å². The molecule has 0 spiro atoms. The van der Waals surface area contributed by atoms with Gasteiger partial charge in [-0.3, -0.25) is 0 Å². The van der Waals surface area contributed by atoms with Gasteiger partial charge >= 0.3 is 0 Å². The number of benzene rings is 1. The van der Waals surface area contributed by atoms with Crippen molar-refractivity contribution in [3.63, 3.8) is 0 Å². The Morgan fingerprint density at radius 1 is 1.50 bits per heavy atom. The maximum atomic E-state index is 13.0. The third-order valence-corrected chi connectivity index (χ3v) is 3.17. The van der Waals surface area contributed by atoms with Crippen LogP contribution in [-0.4, -0.2) is 31.0 Å². The van der Waals surface area contributed by atoms with Gasteiger partial charge in [0, 0.05) is 30.7 Å². The second kappa shape index (κ2) is 7.69. The molecule has 0 saturated carbocycles. The van der Waals surface area contributed by atoms with E-state index in [-0.39, 0.29) is 12.5 Å². The van der Waals surface area contributed by atoms with Gasteiger partial charge < -0.3 is 15.6 Å². The van der Waals surface area contributed by atoms with Crippen LogP contribution in [0.15, 0.2) is 18.2 Å². The molecule has 102 valence electrons. The van der Waals surface area contributed by atoms with Gasteiger partial charge in [-0.25, -0.2) is 4.39 Å². The third-order valence-electron chi connectivity index (χ3n) is 2.84. The molecule has 0 fully saturated rings. The van der Waals surface area contributed by atoms with Crippen molar-refractivity contribution in [2.24, 2.45) is 5.73 Å². The van der Waals surface area contributed by atoms with Crippen LogP contribution in [-0.2, 0) is 4.74 Å². The quantitative estimate of drug-likeness (QED) is 0.751. The molecule has 1 aromatic carbocycles. The summed E-state index contributed by atoms with van der Waals surface area (Å²) in [4.78, 5) is 0. The molecule has 0 amide bonds. The first-order valence-corrected chi connectivity index (χ1v) is 6.38. The minimum absolute atomic E-state index is 0.249. The maximum absolute atomic E-state index is 13.0. The van der Waals surface area contributed by atoms with Gasteiger partial charge in [0.25, 0.3) is 0 Å². The van der Waals surface area contributed by atoms with Gasteiger partial charge in [0.15, 0.2) is 0 Å². The molecule has 0 aliphatic heterocycles. The summed E-state index contributed by atoms with van der Waals surface area (Å²) in [6.45, 7) is 3.21. The molecule has 0 radical (unpaired) electrons. The Labute approximate surface area is 112 Å². The normalized spacial score (nSPS) is 14.5. The van der Waals surface area contributed by atoms with Crippen molar-refractivity contribution < 1.29 is 14.2 Å². The molecule has 1 rings (SSSR count). The summed E-state index contributed by atoms with van der Waals surface area (Å²) in [6, 6.07) is 4.12. The highest BCUT2D eigenvalue weighted by molar-refractivity contribution is 6.31. The fraction of sp³-hybridized carbons (Fsp3) is 0.538. The Balaban J connectivity index is 2.75. The van der Waals surface area contributed by atoms with E-state index in [1.807, 2.05) is 6.92 Å². The minimum Gasteiger partial charge on any atom is -0.392 e. The van der Waals surface area contributed by atoms with Gasteiger partial charge in [0.1, 0.15) is 5.82 Å². The number of rotatable bonds is 7. The first-order chi connectivity index (χ1) is 8.60. The van der Waals surface area contributed by atoms with E-state index in [0.717, 1.165) is 0 Å². The molecule has 0 heterocycles. The first kappa shape index (κ1) is 15.4. The molecular weight excluding hydrogens is 257 g/mol. The smallest absolute Gasteiger partial charge is 0.124 e. The van der Waals surface area contributed by atoms with Crippen LogP contribution in [0, 0.1) is 5.82 Å². The van der Waals surface area contributed by atoms with E-state index in [9.17, 15) is 9.50 Å². The molecule has 0 aliphatic carbocycles. The fourth-order valence-corrected chi connectivity index (χ4v) is 2.15. The lowest BCUT2D eigenvalue weighted by Gasteiger charge is -2.22. The zero-order chi connectivity index (χ0) is 13.5.